The number of methoxy groups -OCH3 is 1. The zero-order valence-corrected chi connectivity index (χ0v) is 22.2. The van der Waals surface area contributed by atoms with Crippen molar-refractivity contribution in [3.8, 4) is 11.5 Å². The van der Waals surface area contributed by atoms with E-state index in [2.05, 4.69) is 15.4 Å². The van der Waals surface area contributed by atoms with Gasteiger partial charge in [-0.15, -0.1) is 0 Å². The van der Waals surface area contributed by atoms with Crippen LogP contribution >= 0.6 is 11.3 Å². The molecule has 0 spiro atoms. The number of amides is 1. The van der Waals surface area contributed by atoms with Gasteiger partial charge in [-0.05, 0) is 56.7 Å². The number of hydrogen-bond acceptors (Lipinski definition) is 7. The van der Waals surface area contributed by atoms with Crippen molar-refractivity contribution in [2.24, 2.45) is 4.99 Å². The van der Waals surface area contributed by atoms with Crippen molar-refractivity contribution in [3.05, 3.63) is 103 Å². The van der Waals surface area contributed by atoms with Crippen molar-refractivity contribution in [3.63, 3.8) is 0 Å². The Morgan fingerprint density at radius 3 is 2.66 bits per heavy atom. The van der Waals surface area contributed by atoms with E-state index in [0.717, 1.165) is 17.8 Å². The second-order valence-corrected chi connectivity index (χ2v) is 9.87. The van der Waals surface area contributed by atoms with Crippen LogP contribution in [0.1, 0.15) is 36.7 Å². The van der Waals surface area contributed by atoms with Crippen molar-refractivity contribution in [2.75, 3.05) is 12.4 Å². The van der Waals surface area contributed by atoms with Crippen molar-refractivity contribution in [2.45, 2.75) is 33.4 Å². The quantitative estimate of drug-likeness (QED) is 0.399. The predicted octanol–water partition coefficient (Wildman–Crippen LogP) is 3.11. The zero-order valence-electron chi connectivity index (χ0n) is 21.4. The van der Waals surface area contributed by atoms with Crippen LogP contribution in [0.4, 0.5) is 5.69 Å². The van der Waals surface area contributed by atoms with Crippen LogP contribution in [0.3, 0.4) is 0 Å². The number of carbonyl (C=O) groups excluding carboxylic acids is 1. The Kier molecular flexibility index (Phi) is 6.73. The molecule has 2 aromatic heterocycles. The van der Waals surface area contributed by atoms with Crippen molar-refractivity contribution in [1.29, 1.82) is 0 Å². The molecule has 1 aliphatic rings. The minimum atomic E-state index is -0.786. The Labute approximate surface area is 222 Å². The lowest BCUT2D eigenvalue weighted by Crippen LogP contribution is -2.40. The molecule has 0 radical (unpaired) electrons. The molecule has 2 N–H and O–H groups in total. The van der Waals surface area contributed by atoms with Gasteiger partial charge in [-0.3, -0.25) is 18.8 Å². The van der Waals surface area contributed by atoms with Crippen LogP contribution in [-0.4, -0.2) is 32.5 Å². The number of anilines is 1. The average Bonchev–Trinajstić information content (AvgIpc) is 3.42. The fraction of sp³-hybridized carbons (Fsp3) is 0.214. The number of benzene rings is 2. The molecule has 10 heteroatoms. The maximum atomic E-state index is 13.9. The largest absolute Gasteiger partial charge is 0.504 e. The number of thiazole rings is 1. The standard InChI is InChI=1S/C28H27N5O4S/c1-5-32-15-19(16(2)31-32)14-23-27(36)33-25(18-11-12-21(34)22(13-18)37-4)24(17(3)29-28(33)38-23)26(35)30-20-9-7-6-8-10-20/h6-15,25,34H,5H2,1-4H3,(H,30,35)/b23-14+/t25-/m1/s1. The second-order valence-electron chi connectivity index (χ2n) is 8.86. The summed E-state index contributed by atoms with van der Waals surface area (Å²) in [4.78, 5) is 32.7. The van der Waals surface area contributed by atoms with E-state index in [-0.39, 0.29) is 23.0 Å². The van der Waals surface area contributed by atoms with Gasteiger partial charge in [0.2, 0.25) is 0 Å². The number of aromatic nitrogens is 3. The van der Waals surface area contributed by atoms with Gasteiger partial charge in [0, 0.05) is 24.0 Å². The third kappa shape index (κ3) is 4.54. The number of phenolic OH excluding ortho intramolecular Hbond substituents is 1. The summed E-state index contributed by atoms with van der Waals surface area (Å²) in [5, 5.41) is 17.6. The Morgan fingerprint density at radius 1 is 1.21 bits per heavy atom. The topological polar surface area (TPSA) is 111 Å². The van der Waals surface area contributed by atoms with Gasteiger partial charge in [0.1, 0.15) is 0 Å². The van der Waals surface area contributed by atoms with E-state index in [0.29, 0.717) is 31.9 Å². The Morgan fingerprint density at radius 2 is 1.97 bits per heavy atom. The van der Waals surface area contributed by atoms with Crippen LogP contribution in [0.15, 0.2) is 75.8 Å². The molecule has 5 rings (SSSR count). The highest BCUT2D eigenvalue weighted by atomic mass is 32.1. The molecular weight excluding hydrogens is 502 g/mol. The van der Waals surface area contributed by atoms with Gasteiger partial charge in [-0.1, -0.05) is 35.6 Å². The highest BCUT2D eigenvalue weighted by molar-refractivity contribution is 7.07. The number of fused-ring (bicyclic) bond motifs is 1. The summed E-state index contributed by atoms with van der Waals surface area (Å²) in [6, 6.07) is 13.1. The van der Waals surface area contributed by atoms with E-state index >= 15 is 0 Å². The molecule has 4 aromatic rings. The smallest absolute Gasteiger partial charge is 0.271 e. The Hall–Kier alpha value is -4.44. The molecule has 0 bridgehead atoms. The number of aromatic hydroxyl groups is 1. The van der Waals surface area contributed by atoms with Gasteiger partial charge in [-0.2, -0.15) is 5.10 Å². The summed E-state index contributed by atoms with van der Waals surface area (Å²) in [5.41, 5.74) is 3.45. The lowest BCUT2D eigenvalue weighted by molar-refractivity contribution is -0.113. The van der Waals surface area contributed by atoms with E-state index in [1.807, 2.05) is 49.0 Å². The molecule has 38 heavy (non-hydrogen) atoms. The number of allylic oxidation sites excluding steroid dienone is 1. The van der Waals surface area contributed by atoms with E-state index in [1.165, 1.54) is 29.1 Å². The molecule has 0 fully saturated rings. The number of nitrogens with one attached hydrogen (secondary N) is 1. The first kappa shape index (κ1) is 25.2. The van der Waals surface area contributed by atoms with Gasteiger partial charge >= 0.3 is 0 Å². The van der Waals surface area contributed by atoms with E-state index in [4.69, 9.17) is 4.74 Å². The van der Waals surface area contributed by atoms with Gasteiger partial charge in [-0.25, -0.2) is 4.99 Å². The van der Waals surface area contributed by atoms with E-state index < -0.39 is 6.04 Å². The van der Waals surface area contributed by atoms with Crippen LogP contribution in [0.25, 0.3) is 6.08 Å². The molecular formula is C28H27N5O4S. The lowest BCUT2D eigenvalue weighted by Gasteiger charge is -2.25. The van der Waals surface area contributed by atoms with E-state index in [9.17, 15) is 14.7 Å². The fourth-order valence-electron chi connectivity index (χ4n) is 4.49. The number of carbonyl (C=O) groups is 1. The highest BCUT2D eigenvalue weighted by Crippen LogP contribution is 2.35. The van der Waals surface area contributed by atoms with Crippen LogP contribution in [0.2, 0.25) is 0 Å². The molecule has 0 unspecified atom stereocenters. The normalized spacial score (nSPS) is 15.3. The molecule has 9 nitrogen and oxygen atoms in total. The summed E-state index contributed by atoms with van der Waals surface area (Å²) in [7, 11) is 1.45. The first-order chi connectivity index (χ1) is 18.3. The van der Waals surface area contributed by atoms with Crippen LogP contribution in [0.5, 0.6) is 11.5 Å². The SMILES string of the molecule is CCn1cc(/C=c2/sc3n(c2=O)[C@H](c2ccc(O)c(OC)c2)C(C(=O)Nc2ccccc2)=C(C)N=3)c(C)n1. The minimum Gasteiger partial charge on any atom is -0.504 e. The molecule has 0 saturated carbocycles. The van der Waals surface area contributed by atoms with Crippen molar-refractivity contribution < 1.29 is 14.6 Å². The molecule has 194 valence electrons. The minimum absolute atomic E-state index is 0.0388. The molecule has 1 atom stereocenters. The van der Waals surface area contributed by atoms with Crippen molar-refractivity contribution >= 4 is 29.0 Å². The highest BCUT2D eigenvalue weighted by Gasteiger charge is 2.33. The van der Waals surface area contributed by atoms with Gasteiger partial charge in [0.15, 0.2) is 16.3 Å². The molecule has 0 aliphatic carbocycles. The summed E-state index contributed by atoms with van der Waals surface area (Å²) in [5.74, 6) is -0.170. The molecule has 3 heterocycles. The summed E-state index contributed by atoms with van der Waals surface area (Å²) in [6.45, 7) is 6.38. The summed E-state index contributed by atoms with van der Waals surface area (Å²) >= 11 is 1.26. The number of phenols is 1. The number of hydrogen-bond donors (Lipinski definition) is 2. The zero-order chi connectivity index (χ0) is 27.0. The predicted molar refractivity (Wildman–Crippen MR) is 146 cm³/mol. The van der Waals surface area contributed by atoms with Crippen LogP contribution in [0, 0.1) is 6.92 Å². The Balaban J connectivity index is 1.70. The van der Waals surface area contributed by atoms with E-state index in [1.54, 1.807) is 31.2 Å². The number of para-hydroxylation sites is 1. The Bertz CT molecular complexity index is 1750. The number of ether oxygens (including phenoxy) is 1. The number of rotatable bonds is 6. The summed E-state index contributed by atoms with van der Waals surface area (Å²) in [6.07, 6.45) is 3.72. The molecule has 1 amide bonds. The summed E-state index contributed by atoms with van der Waals surface area (Å²) < 4.78 is 9.17. The van der Waals surface area contributed by atoms with Gasteiger partial charge < -0.3 is 15.2 Å². The first-order valence-electron chi connectivity index (χ1n) is 12.1. The average molecular weight is 530 g/mol. The first-order valence-corrected chi connectivity index (χ1v) is 12.9. The number of aryl methyl sites for hydroxylation is 2. The maximum absolute atomic E-state index is 13.9. The third-order valence-corrected chi connectivity index (χ3v) is 7.40. The van der Waals surface area contributed by atoms with Crippen LogP contribution < -0.4 is 24.9 Å². The lowest BCUT2D eigenvalue weighted by atomic mass is 9.94. The monoisotopic (exact) mass is 529 g/mol. The molecule has 2 aromatic carbocycles. The molecule has 1 aliphatic heterocycles. The maximum Gasteiger partial charge on any atom is 0.271 e. The number of nitrogens with zero attached hydrogens (tertiary/aromatic N) is 4. The second kappa shape index (κ2) is 10.1. The van der Waals surface area contributed by atoms with Crippen LogP contribution in [-0.2, 0) is 11.3 Å². The van der Waals surface area contributed by atoms with Gasteiger partial charge in [0.05, 0.1) is 34.6 Å². The fourth-order valence-corrected chi connectivity index (χ4v) is 5.53. The van der Waals surface area contributed by atoms with Gasteiger partial charge in [0.25, 0.3) is 11.5 Å². The van der Waals surface area contributed by atoms with Crippen molar-refractivity contribution in [1.82, 2.24) is 14.3 Å². The molecule has 0 saturated heterocycles. The third-order valence-electron chi connectivity index (χ3n) is 6.41.